The van der Waals surface area contributed by atoms with Crippen molar-refractivity contribution in [2.75, 3.05) is 23.7 Å². The van der Waals surface area contributed by atoms with Crippen LogP contribution in [0.15, 0.2) is 18.2 Å². The minimum absolute atomic E-state index is 0.165. The highest BCUT2D eigenvalue weighted by Gasteiger charge is 2.25. The van der Waals surface area contributed by atoms with Crippen LogP contribution in [-0.2, 0) is 9.57 Å². The summed E-state index contributed by atoms with van der Waals surface area (Å²) in [5, 5.41) is 16.0. The van der Waals surface area contributed by atoms with Crippen molar-refractivity contribution in [3.63, 3.8) is 0 Å². The van der Waals surface area contributed by atoms with Crippen LogP contribution in [0.1, 0.15) is 33.6 Å². The number of benzene rings is 1. The lowest BCUT2D eigenvalue weighted by atomic mass is 10.1. The number of aromatic amines is 1. The number of H-pyrrole nitrogens is 1. The van der Waals surface area contributed by atoms with Gasteiger partial charge in [-0.25, -0.2) is 9.89 Å². The molecule has 1 aromatic heterocycles. The van der Waals surface area contributed by atoms with Crippen molar-refractivity contribution in [3.05, 3.63) is 28.2 Å². The molecule has 158 valence electrons. The van der Waals surface area contributed by atoms with Crippen molar-refractivity contribution >= 4 is 46.9 Å². The van der Waals surface area contributed by atoms with Crippen LogP contribution in [0, 0.1) is 0 Å². The topological polar surface area (TPSA) is 104 Å². The smallest absolute Gasteiger partial charge is 0.427 e. The van der Waals surface area contributed by atoms with Crippen molar-refractivity contribution in [1.29, 1.82) is 0 Å². The summed E-state index contributed by atoms with van der Waals surface area (Å²) >= 11 is 12.0. The maximum atomic E-state index is 11.7. The molecule has 9 nitrogen and oxygen atoms in total. The van der Waals surface area contributed by atoms with Crippen LogP contribution in [0.2, 0.25) is 10.0 Å². The van der Waals surface area contributed by atoms with E-state index < -0.39 is 11.8 Å². The molecule has 0 atom stereocenters. The fraction of sp³-hybridized carbons (Fsp3) is 0.500. The van der Waals surface area contributed by atoms with Crippen molar-refractivity contribution in [1.82, 2.24) is 20.2 Å². The molecule has 0 bridgehead atoms. The zero-order valence-corrected chi connectivity index (χ0v) is 18.0. The normalized spacial score (nSPS) is 15.8. The third kappa shape index (κ3) is 6.95. The number of nitrogens with one attached hydrogen (secondary N) is 3. The Morgan fingerprint density at radius 1 is 1.21 bits per heavy atom. The predicted molar refractivity (Wildman–Crippen MR) is 112 cm³/mol. The third-order valence-corrected chi connectivity index (χ3v) is 4.43. The average Bonchev–Trinajstić information content (AvgIpc) is 3.01. The highest BCUT2D eigenvalue weighted by molar-refractivity contribution is 6.35. The second-order valence-corrected chi connectivity index (χ2v) is 8.57. The largest absolute Gasteiger partial charge is 0.528 e. The zero-order chi connectivity index (χ0) is 21.0. The molecule has 3 N–H and O–H groups in total. The standard InChI is InChI=1S/C18H24Cl2N6O3/c1-18(2,3)28-17(27)29-26-6-4-13(5-7-26)21-15-23-16(25-24-15)22-14-9-11(19)8-12(20)10-14/h8-10,13H,4-7H2,1-3H3,(H3,21,22,23,24,25). The van der Waals surface area contributed by atoms with Gasteiger partial charge in [-0.2, -0.15) is 4.98 Å². The number of hydrogen-bond donors (Lipinski definition) is 3. The summed E-state index contributed by atoms with van der Waals surface area (Å²) < 4.78 is 5.16. The molecule has 3 rings (SSSR count). The Labute approximate surface area is 179 Å². The van der Waals surface area contributed by atoms with Gasteiger partial charge in [0, 0.05) is 34.9 Å². The number of rotatable bonds is 5. The van der Waals surface area contributed by atoms with E-state index in [-0.39, 0.29) is 6.04 Å². The molecular formula is C18H24Cl2N6O3. The maximum absolute atomic E-state index is 11.7. The number of piperidine rings is 1. The van der Waals surface area contributed by atoms with Crippen LogP contribution < -0.4 is 10.6 Å². The van der Waals surface area contributed by atoms with E-state index in [1.165, 1.54) is 0 Å². The predicted octanol–water partition coefficient (Wildman–Crippen LogP) is 4.60. The molecule has 1 saturated heterocycles. The van der Waals surface area contributed by atoms with Crippen LogP contribution in [0.5, 0.6) is 0 Å². The van der Waals surface area contributed by atoms with Gasteiger partial charge < -0.3 is 20.2 Å². The quantitative estimate of drug-likeness (QED) is 0.576. The number of nitrogens with zero attached hydrogens (tertiary/aromatic N) is 3. The van der Waals surface area contributed by atoms with Crippen LogP contribution in [-0.4, -0.2) is 51.1 Å². The van der Waals surface area contributed by atoms with E-state index in [4.69, 9.17) is 32.8 Å². The first-order chi connectivity index (χ1) is 13.7. The lowest BCUT2D eigenvalue weighted by Crippen LogP contribution is -2.41. The highest BCUT2D eigenvalue weighted by Crippen LogP contribution is 2.24. The molecule has 1 aliphatic rings. The molecule has 0 amide bonds. The monoisotopic (exact) mass is 442 g/mol. The van der Waals surface area contributed by atoms with Gasteiger partial charge in [0.2, 0.25) is 11.9 Å². The number of aromatic nitrogens is 3. The Morgan fingerprint density at radius 3 is 2.48 bits per heavy atom. The fourth-order valence-electron chi connectivity index (χ4n) is 2.79. The number of halogens is 2. The van der Waals surface area contributed by atoms with Gasteiger partial charge in [-0.15, -0.1) is 10.2 Å². The van der Waals surface area contributed by atoms with Gasteiger partial charge in [0.15, 0.2) is 0 Å². The SMILES string of the molecule is CC(C)(C)OC(=O)ON1CCC(Nc2n[nH]c(Nc3cc(Cl)cc(Cl)c3)n2)CC1. The Bertz CT molecular complexity index is 826. The lowest BCUT2D eigenvalue weighted by molar-refractivity contribution is -0.151. The van der Waals surface area contributed by atoms with Crippen LogP contribution >= 0.6 is 23.2 Å². The molecule has 2 aromatic rings. The molecule has 29 heavy (non-hydrogen) atoms. The first-order valence-corrected chi connectivity index (χ1v) is 10.00. The molecule has 1 aromatic carbocycles. The molecule has 0 radical (unpaired) electrons. The van der Waals surface area contributed by atoms with E-state index in [1.54, 1.807) is 44.0 Å². The number of carbonyl (C=O) groups excluding carboxylic acids is 1. The Morgan fingerprint density at radius 2 is 1.86 bits per heavy atom. The van der Waals surface area contributed by atoms with E-state index in [0.29, 0.717) is 40.7 Å². The van der Waals surface area contributed by atoms with Gasteiger partial charge in [0.25, 0.3) is 0 Å². The number of anilines is 3. The Balaban J connectivity index is 1.46. The third-order valence-electron chi connectivity index (χ3n) is 3.99. The first-order valence-electron chi connectivity index (χ1n) is 9.24. The Hall–Kier alpha value is -2.23. The summed E-state index contributed by atoms with van der Waals surface area (Å²) in [7, 11) is 0. The van der Waals surface area contributed by atoms with Crippen LogP contribution in [0.25, 0.3) is 0 Å². The molecule has 2 heterocycles. The molecular weight excluding hydrogens is 419 g/mol. The van der Waals surface area contributed by atoms with Crippen LogP contribution in [0.3, 0.4) is 0 Å². The summed E-state index contributed by atoms with van der Waals surface area (Å²) in [6, 6.07) is 5.30. The summed E-state index contributed by atoms with van der Waals surface area (Å²) in [5.41, 5.74) is 0.128. The molecule has 0 unspecified atom stereocenters. The van der Waals surface area contributed by atoms with E-state index in [1.807, 2.05) is 0 Å². The molecule has 0 aliphatic carbocycles. The highest BCUT2D eigenvalue weighted by atomic mass is 35.5. The molecule has 0 spiro atoms. The molecule has 0 saturated carbocycles. The van der Waals surface area contributed by atoms with Crippen molar-refractivity contribution in [2.45, 2.75) is 45.3 Å². The summed E-state index contributed by atoms with van der Waals surface area (Å²) in [5.74, 6) is 0.948. The summed E-state index contributed by atoms with van der Waals surface area (Å²) in [6.07, 6.45) is 0.850. The number of carbonyl (C=O) groups is 1. The van der Waals surface area contributed by atoms with Gasteiger partial charge in [0.05, 0.1) is 0 Å². The molecule has 11 heteroatoms. The molecule has 1 aliphatic heterocycles. The number of ether oxygens (including phenoxy) is 1. The fourth-order valence-corrected chi connectivity index (χ4v) is 3.32. The van der Waals surface area contributed by atoms with E-state index in [9.17, 15) is 4.79 Å². The second kappa shape index (κ2) is 9.06. The van der Waals surface area contributed by atoms with Gasteiger partial charge in [-0.3, -0.25) is 0 Å². The minimum atomic E-state index is -0.685. The van der Waals surface area contributed by atoms with E-state index in [0.717, 1.165) is 12.8 Å². The summed E-state index contributed by atoms with van der Waals surface area (Å²) in [4.78, 5) is 21.3. The maximum Gasteiger partial charge on any atom is 0.528 e. The second-order valence-electron chi connectivity index (χ2n) is 7.69. The van der Waals surface area contributed by atoms with E-state index in [2.05, 4.69) is 25.8 Å². The van der Waals surface area contributed by atoms with Crippen molar-refractivity contribution in [3.8, 4) is 0 Å². The summed E-state index contributed by atoms with van der Waals surface area (Å²) in [6.45, 7) is 6.57. The van der Waals surface area contributed by atoms with E-state index >= 15 is 0 Å². The van der Waals surface area contributed by atoms with Crippen molar-refractivity contribution in [2.24, 2.45) is 0 Å². The van der Waals surface area contributed by atoms with Gasteiger partial charge >= 0.3 is 6.16 Å². The lowest BCUT2D eigenvalue weighted by Gasteiger charge is -2.31. The average molecular weight is 443 g/mol. The van der Waals surface area contributed by atoms with Gasteiger partial charge in [-0.05, 0) is 51.8 Å². The van der Waals surface area contributed by atoms with Gasteiger partial charge in [0.1, 0.15) is 5.60 Å². The van der Waals surface area contributed by atoms with Crippen LogP contribution in [0.4, 0.5) is 22.4 Å². The minimum Gasteiger partial charge on any atom is -0.427 e. The Kier molecular flexibility index (Phi) is 6.71. The first kappa shape index (κ1) is 21.5. The van der Waals surface area contributed by atoms with Crippen molar-refractivity contribution < 1.29 is 14.4 Å². The zero-order valence-electron chi connectivity index (χ0n) is 16.5. The molecule has 1 fully saturated rings. The number of hydrogen-bond acceptors (Lipinski definition) is 8. The van der Waals surface area contributed by atoms with Gasteiger partial charge in [-0.1, -0.05) is 23.2 Å². The number of hydroxylamine groups is 2.